The maximum absolute atomic E-state index is 12.7. The summed E-state index contributed by atoms with van der Waals surface area (Å²) in [6.45, 7) is 0.504. The molecule has 0 radical (unpaired) electrons. The van der Waals surface area contributed by atoms with Crippen molar-refractivity contribution in [2.24, 2.45) is 0 Å². The van der Waals surface area contributed by atoms with Crippen LogP contribution in [-0.2, 0) is 21.4 Å². The van der Waals surface area contributed by atoms with Crippen LogP contribution in [-0.4, -0.2) is 30.8 Å². The molecule has 0 saturated heterocycles. The minimum atomic E-state index is -3.48. The first kappa shape index (κ1) is 24.6. The van der Waals surface area contributed by atoms with Gasteiger partial charge < -0.3 is 10.3 Å². The third-order valence-corrected chi connectivity index (χ3v) is 7.53. The van der Waals surface area contributed by atoms with Gasteiger partial charge in [0.2, 0.25) is 16.4 Å². The van der Waals surface area contributed by atoms with Crippen molar-refractivity contribution >= 4 is 27.3 Å². The molecule has 3 N–H and O–H groups in total. The Bertz CT molecular complexity index is 1350. The van der Waals surface area contributed by atoms with Gasteiger partial charge in [-0.2, -0.15) is 0 Å². The fourth-order valence-corrected chi connectivity index (χ4v) is 5.53. The van der Waals surface area contributed by atoms with E-state index < -0.39 is 10.0 Å². The number of nitrogens with zero attached hydrogens (tertiary/aromatic N) is 1. The highest BCUT2D eigenvalue weighted by Crippen LogP contribution is 2.26. The standard InChI is InChI=1S/C20H22N2O2S.C7H8N2O.3H2/c23-25(24,22-17-9-5-2-6-10-17)18-12-11-16-13-19(21-20(16)14-18)15-7-3-1-4-8-15;10-6-8-5-7-3-1-2-4-9-7;;;/h1,3-4,7-8,11-14,17,21-22H,2,5-6,9-10H2;1-4,6H,5H2,(H,8,10);3*1H. The number of hydrogen-bond donors (Lipinski definition) is 3. The van der Waals surface area contributed by atoms with Crippen LogP contribution in [0, 0.1) is 0 Å². The van der Waals surface area contributed by atoms with Crippen LogP contribution in [0.25, 0.3) is 22.2 Å². The number of pyridine rings is 1. The zero-order chi connectivity index (χ0) is 24.5. The number of carbonyl (C=O) groups excluding carboxylic acids is 1. The van der Waals surface area contributed by atoms with Gasteiger partial charge in [0.05, 0.1) is 17.1 Å². The highest BCUT2D eigenvalue weighted by molar-refractivity contribution is 7.89. The monoisotopic (exact) mass is 496 g/mol. The molecule has 1 fully saturated rings. The summed E-state index contributed by atoms with van der Waals surface area (Å²) < 4.78 is 28.3. The molecule has 0 unspecified atom stereocenters. The van der Waals surface area contributed by atoms with Crippen molar-refractivity contribution in [1.29, 1.82) is 0 Å². The van der Waals surface area contributed by atoms with E-state index in [2.05, 4.69) is 26.1 Å². The fourth-order valence-electron chi connectivity index (χ4n) is 4.20. The van der Waals surface area contributed by atoms with Crippen molar-refractivity contribution < 1.29 is 17.5 Å². The Morgan fingerprint density at radius 2 is 1.74 bits per heavy atom. The number of carbonyl (C=O) groups is 1. The molecule has 2 heterocycles. The maximum atomic E-state index is 12.7. The SMILES string of the molecule is O=CNCc1ccccn1.O=S(=O)(NC1CCCCC1)c1ccc2cc(-c3ccccc3)[nH]c2c1.[HH].[HH].[HH]. The second kappa shape index (κ2) is 11.8. The molecular formula is C27H36N4O3S. The van der Waals surface area contributed by atoms with E-state index in [9.17, 15) is 13.2 Å². The highest BCUT2D eigenvalue weighted by Gasteiger charge is 2.22. The summed E-state index contributed by atoms with van der Waals surface area (Å²) in [7, 11) is -3.48. The number of benzene rings is 2. The van der Waals surface area contributed by atoms with Gasteiger partial charge in [-0.3, -0.25) is 9.78 Å². The average Bonchev–Trinajstić information content (AvgIpc) is 3.33. The number of aromatic amines is 1. The van der Waals surface area contributed by atoms with Crippen LogP contribution in [0.5, 0.6) is 0 Å². The largest absolute Gasteiger partial charge is 0.354 e. The Labute approximate surface area is 210 Å². The molecule has 0 bridgehead atoms. The Morgan fingerprint density at radius 3 is 2.46 bits per heavy atom. The van der Waals surface area contributed by atoms with Crippen molar-refractivity contribution in [2.45, 2.75) is 49.6 Å². The summed E-state index contributed by atoms with van der Waals surface area (Å²) in [5.41, 5.74) is 3.79. The minimum absolute atomic E-state index is 0. The van der Waals surface area contributed by atoms with Gasteiger partial charge in [-0.25, -0.2) is 13.1 Å². The molecule has 5 rings (SSSR count). The average molecular weight is 497 g/mol. The van der Waals surface area contributed by atoms with E-state index in [1.807, 2.05) is 54.6 Å². The van der Waals surface area contributed by atoms with E-state index in [4.69, 9.17) is 0 Å². The third-order valence-electron chi connectivity index (χ3n) is 6.01. The number of fused-ring (bicyclic) bond motifs is 1. The quantitative estimate of drug-likeness (QED) is 0.293. The second-order valence-corrected chi connectivity index (χ2v) is 10.3. The van der Waals surface area contributed by atoms with E-state index in [1.54, 1.807) is 18.3 Å². The molecule has 8 heteroatoms. The second-order valence-electron chi connectivity index (χ2n) is 8.57. The number of H-pyrrole nitrogens is 1. The smallest absolute Gasteiger partial charge is 0.240 e. The first-order valence-electron chi connectivity index (χ1n) is 11.8. The van der Waals surface area contributed by atoms with Gasteiger partial charge in [0.25, 0.3) is 0 Å². The Kier molecular flexibility index (Phi) is 8.28. The Hall–Kier alpha value is -3.49. The number of aromatic nitrogens is 2. The zero-order valence-corrected chi connectivity index (χ0v) is 20.3. The molecule has 0 aliphatic heterocycles. The number of amides is 1. The summed E-state index contributed by atoms with van der Waals surface area (Å²) in [4.78, 5) is 17.5. The van der Waals surface area contributed by atoms with Crippen molar-refractivity contribution in [3.63, 3.8) is 0 Å². The van der Waals surface area contributed by atoms with E-state index in [0.717, 1.165) is 53.5 Å². The number of sulfonamides is 1. The first-order chi connectivity index (χ1) is 17.0. The van der Waals surface area contributed by atoms with E-state index in [0.29, 0.717) is 17.9 Å². The Balaban J connectivity index is 0.000000477. The van der Waals surface area contributed by atoms with Gasteiger partial charge in [0.1, 0.15) is 0 Å². The molecule has 1 aliphatic rings. The van der Waals surface area contributed by atoms with Gasteiger partial charge >= 0.3 is 0 Å². The van der Waals surface area contributed by atoms with Gasteiger partial charge in [-0.05, 0) is 48.7 Å². The van der Waals surface area contributed by atoms with Crippen LogP contribution < -0.4 is 10.0 Å². The molecule has 1 aliphatic carbocycles. The molecule has 0 atom stereocenters. The van der Waals surface area contributed by atoms with Gasteiger partial charge in [0.15, 0.2) is 0 Å². The lowest BCUT2D eigenvalue weighted by Gasteiger charge is -2.22. The number of hydrogen-bond acceptors (Lipinski definition) is 4. The van der Waals surface area contributed by atoms with Crippen LogP contribution in [0.4, 0.5) is 0 Å². The lowest BCUT2D eigenvalue weighted by Crippen LogP contribution is -2.36. The molecule has 35 heavy (non-hydrogen) atoms. The van der Waals surface area contributed by atoms with Crippen molar-refractivity contribution in [3.8, 4) is 11.3 Å². The van der Waals surface area contributed by atoms with Crippen molar-refractivity contribution in [2.75, 3.05) is 0 Å². The molecule has 2 aromatic heterocycles. The lowest BCUT2D eigenvalue weighted by atomic mass is 9.96. The fraction of sp³-hybridized carbons (Fsp3) is 0.259. The zero-order valence-electron chi connectivity index (χ0n) is 19.5. The van der Waals surface area contributed by atoms with E-state index >= 15 is 0 Å². The molecule has 188 valence electrons. The van der Waals surface area contributed by atoms with E-state index in [-0.39, 0.29) is 10.3 Å². The first-order valence-corrected chi connectivity index (χ1v) is 13.3. The predicted molar refractivity (Wildman–Crippen MR) is 144 cm³/mol. The van der Waals surface area contributed by atoms with Crippen LogP contribution in [0.2, 0.25) is 0 Å². The van der Waals surface area contributed by atoms with Crippen molar-refractivity contribution in [3.05, 3.63) is 84.7 Å². The highest BCUT2D eigenvalue weighted by atomic mass is 32.2. The molecule has 1 saturated carbocycles. The van der Waals surface area contributed by atoms with Gasteiger partial charge in [-0.1, -0.05) is 61.7 Å². The normalized spacial score (nSPS) is 14.2. The number of nitrogens with one attached hydrogen (secondary N) is 3. The molecule has 1 amide bonds. The summed E-state index contributed by atoms with van der Waals surface area (Å²) in [5, 5.41) is 3.53. The summed E-state index contributed by atoms with van der Waals surface area (Å²) in [5.74, 6) is 0. The Morgan fingerprint density at radius 1 is 0.971 bits per heavy atom. The lowest BCUT2D eigenvalue weighted by molar-refractivity contribution is -0.109. The molecular weight excluding hydrogens is 460 g/mol. The molecule has 4 aromatic rings. The minimum Gasteiger partial charge on any atom is -0.354 e. The van der Waals surface area contributed by atoms with Gasteiger partial charge in [0, 0.05) is 33.1 Å². The topological polar surface area (TPSA) is 104 Å². The van der Waals surface area contributed by atoms with E-state index in [1.165, 1.54) is 6.42 Å². The summed E-state index contributed by atoms with van der Waals surface area (Å²) in [6, 6.07) is 23.0. The molecule has 0 spiro atoms. The number of rotatable bonds is 7. The summed E-state index contributed by atoms with van der Waals surface area (Å²) in [6.07, 6.45) is 7.63. The van der Waals surface area contributed by atoms with Crippen LogP contribution in [0.15, 0.2) is 83.9 Å². The predicted octanol–water partition coefficient (Wildman–Crippen LogP) is 5.51. The third kappa shape index (κ3) is 6.77. The molecule has 7 nitrogen and oxygen atoms in total. The maximum Gasteiger partial charge on any atom is 0.240 e. The van der Waals surface area contributed by atoms with Crippen LogP contribution in [0.1, 0.15) is 42.1 Å². The summed E-state index contributed by atoms with van der Waals surface area (Å²) >= 11 is 0. The van der Waals surface area contributed by atoms with Crippen LogP contribution in [0.3, 0.4) is 0 Å². The molecule has 2 aromatic carbocycles. The van der Waals surface area contributed by atoms with Crippen LogP contribution >= 0.6 is 0 Å². The van der Waals surface area contributed by atoms with Gasteiger partial charge in [-0.15, -0.1) is 0 Å². The van der Waals surface area contributed by atoms with Crippen molar-refractivity contribution in [1.82, 2.24) is 20.0 Å².